The second kappa shape index (κ2) is 6.24. The summed E-state index contributed by atoms with van der Waals surface area (Å²) in [5, 5.41) is 3.07. The molecule has 1 aromatic carbocycles. The predicted octanol–water partition coefficient (Wildman–Crippen LogP) is 4.07. The van der Waals surface area contributed by atoms with Crippen LogP contribution in [0.2, 0.25) is 5.15 Å². The Hall–Kier alpha value is -1.59. The molecule has 0 radical (unpaired) electrons. The summed E-state index contributed by atoms with van der Waals surface area (Å²) in [5.74, 6) is 0.239. The molecule has 0 aliphatic carbocycles. The lowest BCUT2D eigenvalue weighted by Gasteiger charge is -2.13. The van der Waals surface area contributed by atoms with Crippen LogP contribution in [0.5, 0.6) is 5.75 Å². The van der Waals surface area contributed by atoms with Crippen molar-refractivity contribution in [2.45, 2.75) is 6.92 Å². The summed E-state index contributed by atoms with van der Waals surface area (Å²) < 4.78 is 6.16. The largest absolute Gasteiger partial charge is 0.495 e. The molecule has 1 heterocycles. The third kappa shape index (κ3) is 3.29. The molecule has 2 aromatic rings. The predicted molar refractivity (Wildman–Crippen MR) is 82.6 cm³/mol. The van der Waals surface area contributed by atoms with E-state index in [-0.39, 0.29) is 16.8 Å². The number of carbonyl (C=O) groups excluding carboxylic acids is 1. The Kier molecular flexibility index (Phi) is 4.62. The number of benzene rings is 1. The van der Waals surface area contributed by atoms with Gasteiger partial charge in [-0.1, -0.05) is 33.6 Å². The van der Waals surface area contributed by atoms with Crippen LogP contribution >= 0.6 is 27.5 Å². The van der Waals surface area contributed by atoms with Gasteiger partial charge in [-0.3, -0.25) is 4.79 Å². The minimum Gasteiger partial charge on any atom is -0.495 e. The number of methoxy groups -OCH3 is 1. The molecular weight excluding hydrogens is 344 g/mol. The number of rotatable bonds is 3. The number of carbonyl (C=O) groups is 1. The standard InChI is InChI=1S/C14H12BrClN2O2/c1-8-6-9(15)7-11(20-2)13(8)18-14(19)10-4-3-5-12(16)17-10/h3-7H,1-2H3,(H,18,19). The van der Waals surface area contributed by atoms with Crippen molar-refractivity contribution in [2.75, 3.05) is 12.4 Å². The van der Waals surface area contributed by atoms with Crippen molar-refractivity contribution in [2.24, 2.45) is 0 Å². The van der Waals surface area contributed by atoms with Crippen LogP contribution in [0.4, 0.5) is 5.69 Å². The van der Waals surface area contributed by atoms with Crippen molar-refractivity contribution >= 4 is 39.1 Å². The maximum absolute atomic E-state index is 12.2. The number of nitrogens with zero attached hydrogens (tertiary/aromatic N) is 1. The van der Waals surface area contributed by atoms with Gasteiger partial charge in [0.05, 0.1) is 12.8 Å². The average Bonchev–Trinajstić information content (AvgIpc) is 2.41. The van der Waals surface area contributed by atoms with E-state index in [0.29, 0.717) is 11.4 Å². The topological polar surface area (TPSA) is 51.2 Å². The van der Waals surface area contributed by atoms with Crippen LogP contribution in [-0.2, 0) is 0 Å². The first kappa shape index (κ1) is 14.8. The fourth-order valence-electron chi connectivity index (χ4n) is 1.75. The van der Waals surface area contributed by atoms with Crippen molar-refractivity contribution in [3.05, 3.63) is 51.2 Å². The summed E-state index contributed by atoms with van der Waals surface area (Å²) in [7, 11) is 1.55. The maximum atomic E-state index is 12.2. The smallest absolute Gasteiger partial charge is 0.274 e. The molecule has 1 aromatic heterocycles. The molecule has 104 valence electrons. The Morgan fingerprint density at radius 3 is 2.80 bits per heavy atom. The SMILES string of the molecule is COc1cc(Br)cc(C)c1NC(=O)c1cccc(Cl)n1. The lowest BCUT2D eigenvalue weighted by Crippen LogP contribution is -2.15. The molecule has 0 bridgehead atoms. The van der Waals surface area contributed by atoms with Crippen LogP contribution in [0.25, 0.3) is 0 Å². The molecule has 2 rings (SSSR count). The molecule has 0 aliphatic heterocycles. The molecule has 0 unspecified atom stereocenters. The highest BCUT2D eigenvalue weighted by Gasteiger charge is 2.14. The second-order valence-corrected chi connectivity index (χ2v) is 5.40. The van der Waals surface area contributed by atoms with Gasteiger partial charge in [0.2, 0.25) is 0 Å². The Labute approximate surface area is 130 Å². The van der Waals surface area contributed by atoms with E-state index in [2.05, 4.69) is 26.2 Å². The number of anilines is 1. The zero-order chi connectivity index (χ0) is 14.7. The van der Waals surface area contributed by atoms with Crippen molar-refractivity contribution in [1.29, 1.82) is 0 Å². The van der Waals surface area contributed by atoms with Gasteiger partial charge in [0.1, 0.15) is 16.6 Å². The van der Waals surface area contributed by atoms with Crippen molar-refractivity contribution in [1.82, 2.24) is 4.98 Å². The molecule has 0 spiro atoms. The Morgan fingerprint density at radius 2 is 2.15 bits per heavy atom. The van der Waals surface area contributed by atoms with Gasteiger partial charge in [-0.05, 0) is 36.8 Å². The zero-order valence-electron chi connectivity index (χ0n) is 10.9. The molecule has 6 heteroatoms. The van der Waals surface area contributed by atoms with Crippen LogP contribution in [-0.4, -0.2) is 18.0 Å². The van der Waals surface area contributed by atoms with E-state index in [1.54, 1.807) is 31.4 Å². The minimum absolute atomic E-state index is 0.252. The van der Waals surface area contributed by atoms with E-state index in [1.807, 2.05) is 13.0 Å². The van der Waals surface area contributed by atoms with E-state index in [0.717, 1.165) is 10.0 Å². The number of aryl methyl sites for hydroxylation is 1. The highest BCUT2D eigenvalue weighted by Crippen LogP contribution is 2.32. The molecule has 0 saturated carbocycles. The lowest BCUT2D eigenvalue weighted by atomic mass is 10.1. The third-order valence-corrected chi connectivity index (χ3v) is 3.34. The van der Waals surface area contributed by atoms with E-state index < -0.39 is 0 Å². The van der Waals surface area contributed by atoms with Crippen molar-refractivity contribution in [3.63, 3.8) is 0 Å². The molecule has 0 fully saturated rings. The van der Waals surface area contributed by atoms with Crippen molar-refractivity contribution in [3.8, 4) is 5.75 Å². The number of hydrogen-bond donors (Lipinski definition) is 1. The maximum Gasteiger partial charge on any atom is 0.274 e. The number of halogens is 2. The van der Waals surface area contributed by atoms with Crippen molar-refractivity contribution < 1.29 is 9.53 Å². The molecule has 0 atom stereocenters. The van der Waals surface area contributed by atoms with Gasteiger partial charge >= 0.3 is 0 Å². The number of hydrogen-bond acceptors (Lipinski definition) is 3. The molecule has 1 N–H and O–H groups in total. The number of ether oxygens (including phenoxy) is 1. The number of pyridine rings is 1. The molecule has 4 nitrogen and oxygen atoms in total. The Balaban J connectivity index is 2.32. The second-order valence-electron chi connectivity index (χ2n) is 4.10. The van der Waals surface area contributed by atoms with E-state index in [9.17, 15) is 4.79 Å². The monoisotopic (exact) mass is 354 g/mol. The Morgan fingerprint density at radius 1 is 1.40 bits per heavy atom. The highest BCUT2D eigenvalue weighted by molar-refractivity contribution is 9.10. The molecule has 0 saturated heterocycles. The lowest BCUT2D eigenvalue weighted by molar-refractivity contribution is 0.102. The summed E-state index contributed by atoms with van der Waals surface area (Å²) in [5.41, 5.74) is 1.75. The van der Waals surface area contributed by atoms with Gasteiger partial charge < -0.3 is 10.1 Å². The summed E-state index contributed by atoms with van der Waals surface area (Å²) in [6.45, 7) is 1.88. The molecule has 0 aliphatic rings. The molecular formula is C14H12BrClN2O2. The average molecular weight is 356 g/mol. The summed E-state index contributed by atoms with van der Waals surface area (Å²) in [6, 6.07) is 8.57. The number of amides is 1. The number of nitrogens with one attached hydrogen (secondary N) is 1. The first-order valence-electron chi connectivity index (χ1n) is 5.79. The first-order chi connectivity index (χ1) is 9.51. The van der Waals surface area contributed by atoms with Gasteiger partial charge in [-0.15, -0.1) is 0 Å². The normalized spacial score (nSPS) is 10.2. The van der Waals surface area contributed by atoms with Crippen LogP contribution in [0.1, 0.15) is 16.1 Å². The minimum atomic E-state index is -0.337. The fraction of sp³-hybridized carbons (Fsp3) is 0.143. The summed E-state index contributed by atoms with van der Waals surface area (Å²) >= 11 is 9.17. The Bertz CT molecular complexity index is 662. The third-order valence-electron chi connectivity index (χ3n) is 2.67. The van der Waals surface area contributed by atoms with E-state index in [4.69, 9.17) is 16.3 Å². The highest BCUT2D eigenvalue weighted by atomic mass is 79.9. The van der Waals surface area contributed by atoms with E-state index in [1.165, 1.54) is 0 Å². The van der Waals surface area contributed by atoms with Crippen LogP contribution in [0, 0.1) is 6.92 Å². The van der Waals surface area contributed by atoms with Gasteiger partial charge in [0.25, 0.3) is 5.91 Å². The van der Waals surface area contributed by atoms with E-state index >= 15 is 0 Å². The zero-order valence-corrected chi connectivity index (χ0v) is 13.2. The summed E-state index contributed by atoms with van der Waals surface area (Å²) in [6.07, 6.45) is 0. The van der Waals surface area contributed by atoms with Crippen LogP contribution < -0.4 is 10.1 Å². The first-order valence-corrected chi connectivity index (χ1v) is 6.96. The quantitative estimate of drug-likeness (QED) is 0.845. The van der Waals surface area contributed by atoms with Gasteiger partial charge in [0.15, 0.2) is 0 Å². The van der Waals surface area contributed by atoms with Crippen LogP contribution in [0.15, 0.2) is 34.8 Å². The van der Waals surface area contributed by atoms with Crippen LogP contribution in [0.3, 0.4) is 0 Å². The molecule has 1 amide bonds. The molecule has 20 heavy (non-hydrogen) atoms. The van der Waals surface area contributed by atoms with Gasteiger partial charge in [-0.25, -0.2) is 4.98 Å². The fourth-order valence-corrected chi connectivity index (χ4v) is 2.46. The van der Waals surface area contributed by atoms with Gasteiger partial charge in [0, 0.05) is 4.47 Å². The van der Waals surface area contributed by atoms with Gasteiger partial charge in [-0.2, -0.15) is 0 Å². The number of aromatic nitrogens is 1. The summed E-state index contributed by atoms with van der Waals surface area (Å²) in [4.78, 5) is 16.1.